The van der Waals surface area contributed by atoms with Crippen LogP contribution in [0.15, 0.2) is 18.2 Å². The zero-order valence-electron chi connectivity index (χ0n) is 11.1. The fourth-order valence-corrected chi connectivity index (χ4v) is 1.77. The number of hydrogen-bond acceptors (Lipinski definition) is 3. The summed E-state index contributed by atoms with van der Waals surface area (Å²) in [5.41, 5.74) is 6.13. The molecule has 0 heterocycles. The standard InChI is InChI=1S/C14H19FN2O2/c1-17(6-7-19-9-10-2-3-10)14(18)12-5-4-11(15)8-13(12)16/h4-5,8,10H,2-3,6-7,9,16H2,1H3. The van der Waals surface area contributed by atoms with E-state index in [1.807, 2.05) is 0 Å². The lowest BCUT2D eigenvalue weighted by atomic mass is 10.1. The second-order valence-corrected chi connectivity index (χ2v) is 4.98. The topological polar surface area (TPSA) is 55.6 Å². The van der Waals surface area contributed by atoms with Gasteiger partial charge in [0.2, 0.25) is 0 Å². The summed E-state index contributed by atoms with van der Waals surface area (Å²) in [6.07, 6.45) is 2.50. The average Bonchev–Trinajstić information content (AvgIpc) is 3.17. The number of rotatable bonds is 6. The number of halogens is 1. The molecule has 2 rings (SSSR count). The number of nitrogens with two attached hydrogens (primary N) is 1. The van der Waals surface area contributed by atoms with Crippen LogP contribution in [0.1, 0.15) is 23.2 Å². The fraction of sp³-hybridized carbons (Fsp3) is 0.500. The Morgan fingerprint density at radius 2 is 2.26 bits per heavy atom. The van der Waals surface area contributed by atoms with Crippen LogP contribution in [-0.2, 0) is 4.74 Å². The molecule has 0 spiro atoms. The number of benzene rings is 1. The molecule has 1 fully saturated rings. The molecule has 104 valence electrons. The number of nitrogen functional groups attached to an aromatic ring is 1. The minimum absolute atomic E-state index is 0.163. The lowest BCUT2D eigenvalue weighted by molar-refractivity contribution is 0.0682. The van der Waals surface area contributed by atoms with Gasteiger partial charge in [-0.05, 0) is 37.0 Å². The second-order valence-electron chi connectivity index (χ2n) is 4.98. The summed E-state index contributed by atoms with van der Waals surface area (Å²) >= 11 is 0. The maximum atomic E-state index is 12.9. The molecule has 1 aromatic carbocycles. The minimum Gasteiger partial charge on any atom is -0.398 e. The predicted molar refractivity (Wildman–Crippen MR) is 71.3 cm³/mol. The van der Waals surface area contributed by atoms with Crippen LogP contribution in [0.4, 0.5) is 10.1 Å². The Kier molecular flexibility index (Phi) is 4.37. The van der Waals surface area contributed by atoms with Crippen molar-refractivity contribution in [1.82, 2.24) is 4.90 Å². The van der Waals surface area contributed by atoms with Crippen LogP contribution in [-0.4, -0.2) is 37.6 Å². The molecule has 1 aliphatic rings. The Balaban J connectivity index is 1.83. The van der Waals surface area contributed by atoms with E-state index in [4.69, 9.17) is 10.5 Å². The third-order valence-corrected chi connectivity index (χ3v) is 3.21. The van der Waals surface area contributed by atoms with Gasteiger partial charge in [0.15, 0.2) is 0 Å². The summed E-state index contributed by atoms with van der Waals surface area (Å²) in [6, 6.07) is 3.81. The van der Waals surface area contributed by atoms with Crippen molar-refractivity contribution in [2.45, 2.75) is 12.8 Å². The van der Waals surface area contributed by atoms with Gasteiger partial charge in [0.1, 0.15) is 5.82 Å². The zero-order valence-corrected chi connectivity index (χ0v) is 11.1. The molecule has 0 unspecified atom stereocenters. The summed E-state index contributed by atoms with van der Waals surface area (Å²) in [6.45, 7) is 1.79. The zero-order chi connectivity index (χ0) is 13.8. The number of carbonyl (C=O) groups excluding carboxylic acids is 1. The van der Waals surface area contributed by atoms with Crippen LogP contribution < -0.4 is 5.73 Å². The summed E-state index contributed by atoms with van der Waals surface area (Å²) in [4.78, 5) is 13.6. The van der Waals surface area contributed by atoms with Gasteiger partial charge in [-0.3, -0.25) is 4.79 Å². The minimum atomic E-state index is -0.440. The van der Waals surface area contributed by atoms with Crippen molar-refractivity contribution in [3.05, 3.63) is 29.6 Å². The molecule has 0 aromatic heterocycles. The molecular formula is C14H19FN2O2. The van der Waals surface area contributed by atoms with Crippen LogP contribution >= 0.6 is 0 Å². The second kappa shape index (κ2) is 6.02. The number of likely N-dealkylation sites (N-methyl/N-ethyl adjacent to an activating group) is 1. The third kappa shape index (κ3) is 3.92. The van der Waals surface area contributed by atoms with E-state index in [0.29, 0.717) is 24.6 Å². The van der Waals surface area contributed by atoms with Crippen LogP contribution in [0.25, 0.3) is 0 Å². The third-order valence-electron chi connectivity index (χ3n) is 3.21. The molecule has 0 bridgehead atoms. The van der Waals surface area contributed by atoms with Crippen molar-refractivity contribution in [2.75, 3.05) is 32.5 Å². The predicted octanol–water partition coefficient (Wildman–Crippen LogP) is 1.91. The summed E-state index contributed by atoms with van der Waals surface area (Å²) in [7, 11) is 1.69. The molecule has 19 heavy (non-hydrogen) atoms. The largest absolute Gasteiger partial charge is 0.398 e. The SMILES string of the molecule is CN(CCOCC1CC1)C(=O)c1ccc(F)cc1N. The van der Waals surface area contributed by atoms with Gasteiger partial charge >= 0.3 is 0 Å². The highest BCUT2D eigenvalue weighted by Gasteiger charge is 2.21. The van der Waals surface area contributed by atoms with Crippen molar-refractivity contribution in [3.63, 3.8) is 0 Å². The van der Waals surface area contributed by atoms with Gasteiger partial charge in [-0.25, -0.2) is 4.39 Å². The van der Waals surface area contributed by atoms with Crippen molar-refractivity contribution < 1.29 is 13.9 Å². The molecule has 0 radical (unpaired) electrons. The van der Waals surface area contributed by atoms with E-state index in [1.54, 1.807) is 7.05 Å². The van der Waals surface area contributed by atoms with Crippen LogP contribution in [0.3, 0.4) is 0 Å². The van der Waals surface area contributed by atoms with E-state index in [2.05, 4.69) is 0 Å². The van der Waals surface area contributed by atoms with E-state index >= 15 is 0 Å². The maximum absolute atomic E-state index is 12.9. The number of amides is 1. The lowest BCUT2D eigenvalue weighted by Crippen LogP contribution is -2.30. The average molecular weight is 266 g/mol. The number of nitrogens with zero attached hydrogens (tertiary/aromatic N) is 1. The van der Waals surface area contributed by atoms with Crippen molar-refractivity contribution in [1.29, 1.82) is 0 Å². The van der Waals surface area contributed by atoms with Gasteiger partial charge in [-0.1, -0.05) is 0 Å². The maximum Gasteiger partial charge on any atom is 0.255 e. The Morgan fingerprint density at radius 3 is 2.89 bits per heavy atom. The van der Waals surface area contributed by atoms with Crippen molar-refractivity contribution in [2.24, 2.45) is 5.92 Å². The first kappa shape index (κ1) is 13.8. The molecule has 0 atom stereocenters. The first-order valence-electron chi connectivity index (χ1n) is 6.46. The highest BCUT2D eigenvalue weighted by molar-refractivity contribution is 5.98. The van der Waals surface area contributed by atoms with Gasteiger partial charge in [-0.2, -0.15) is 0 Å². The summed E-state index contributed by atoms with van der Waals surface area (Å²) in [5.74, 6) is 0.0609. The summed E-state index contributed by atoms with van der Waals surface area (Å²) < 4.78 is 18.4. The van der Waals surface area contributed by atoms with Crippen LogP contribution in [0.5, 0.6) is 0 Å². The first-order chi connectivity index (χ1) is 9.08. The van der Waals surface area contributed by atoms with E-state index in [1.165, 1.54) is 29.9 Å². The van der Waals surface area contributed by atoms with Gasteiger partial charge in [-0.15, -0.1) is 0 Å². The van der Waals surface area contributed by atoms with Gasteiger partial charge in [0.25, 0.3) is 5.91 Å². The Bertz CT molecular complexity index is 461. The number of ether oxygens (including phenoxy) is 1. The van der Waals surface area contributed by atoms with E-state index in [-0.39, 0.29) is 11.6 Å². The molecule has 4 nitrogen and oxygen atoms in total. The highest BCUT2D eigenvalue weighted by atomic mass is 19.1. The Hall–Kier alpha value is -1.62. The number of hydrogen-bond donors (Lipinski definition) is 1. The Morgan fingerprint density at radius 1 is 1.53 bits per heavy atom. The van der Waals surface area contributed by atoms with Gasteiger partial charge < -0.3 is 15.4 Å². The molecule has 5 heteroatoms. The van der Waals surface area contributed by atoms with E-state index in [9.17, 15) is 9.18 Å². The molecule has 2 N–H and O–H groups in total. The van der Waals surface area contributed by atoms with Crippen molar-refractivity contribution >= 4 is 11.6 Å². The molecule has 1 aromatic rings. The van der Waals surface area contributed by atoms with Crippen LogP contribution in [0.2, 0.25) is 0 Å². The highest BCUT2D eigenvalue weighted by Crippen LogP contribution is 2.28. The molecule has 0 saturated heterocycles. The lowest BCUT2D eigenvalue weighted by Gasteiger charge is -2.18. The van der Waals surface area contributed by atoms with Crippen molar-refractivity contribution in [3.8, 4) is 0 Å². The molecule has 1 saturated carbocycles. The monoisotopic (exact) mass is 266 g/mol. The smallest absolute Gasteiger partial charge is 0.255 e. The number of carbonyl (C=O) groups is 1. The van der Waals surface area contributed by atoms with Gasteiger partial charge in [0, 0.05) is 25.9 Å². The first-order valence-corrected chi connectivity index (χ1v) is 6.46. The molecule has 1 aliphatic carbocycles. The quantitative estimate of drug-likeness (QED) is 0.632. The summed E-state index contributed by atoms with van der Waals surface area (Å²) in [5, 5.41) is 0. The molecule has 1 amide bonds. The number of anilines is 1. The van der Waals surface area contributed by atoms with Gasteiger partial charge in [0.05, 0.1) is 12.2 Å². The Labute approximate surface area is 112 Å². The van der Waals surface area contributed by atoms with E-state index < -0.39 is 5.82 Å². The molecule has 0 aliphatic heterocycles. The van der Waals surface area contributed by atoms with Crippen LogP contribution in [0, 0.1) is 11.7 Å². The normalized spacial score (nSPS) is 14.4. The molecular weight excluding hydrogens is 247 g/mol. The van der Waals surface area contributed by atoms with E-state index in [0.717, 1.165) is 12.7 Å². The fourth-order valence-electron chi connectivity index (χ4n) is 1.77.